The molecule has 2 heterocycles. The Morgan fingerprint density at radius 2 is 1.97 bits per heavy atom. The fraction of sp³-hybridized carbons (Fsp3) is 0.238. The van der Waals surface area contributed by atoms with E-state index in [0.717, 1.165) is 11.1 Å². The maximum absolute atomic E-state index is 12.5. The van der Waals surface area contributed by atoms with E-state index in [4.69, 9.17) is 0 Å². The Kier molecular flexibility index (Phi) is 5.80. The summed E-state index contributed by atoms with van der Waals surface area (Å²) in [5, 5.41) is 5.63. The van der Waals surface area contributed by atoms with Gasteiger partial charge in [-0.25, -0.2) is 9.97 Å². The number of carbonyl (C=O) groups is 1. The molecule has 166 valence electrons. The van der Waals surface area contributed by atoms with Crippen molar-refractivity contribution in [3.05, 3.63) is 65.5 Å². The second-order valence-electron chi connectivity index (χ2n) is 7.04. The van der Waals surface area contributed by atoms with Gasteiger partial charge in [0.25, 0.3) is 5.91 Å². The van der Waals surface area contributed by atoms with Crippen molar-refractivity contribution in [2.45, 2.75) is 19.3 Å². The quantitative estimate of drug-likeness (QED) is 0.623. The molecule has 0 saturated heterocycles. The number of hydrogen-bond acceptors (Lipinski definition) is 7. The number of ether oxygens (including phenoxy) is 1. The molecule has 0 spiro atoms. The van der Waals surface area contributed by atoms with Crippen molar-refractivity contribution >= 4 is 23.5 Å². The number of aromatic nitrogens is 3. The van der Waals surface area contributed by atoms with E-state index in [9.17, 15) is 18.0 Å². The molecule has 0 fully saturated rings. The van der Waals surface area contributed by atoms with Crippen molar-refractivity contribution in [3.8, 4) is 5.75 Å². The smallest absolute Gasteiger partial charge is 0.406 e. The van der Waals surface area contributed by atoms with Crippen LogP contribution in [0, 0.1) is 0 Å². The number of amides is 1. The first-order valence-corrected chi connectivity index (χ1v) is 9.71. The van der Waals surface area contributed by atoms with Gasteiger partial charge in [-0.15, -0.1) is 13.2 Å². The Hall–Kier alpha value is -3.89. The maximum atomic E-state index is 12.5. The van der Waals surface area contributed by atoms with Crippen LogP contribution in [-0.4, -0.2) is 40.8 Å². The van der Waals surface area contributed by atoms with Gasteiger partial charge in [0.2, 0.25) is 11.9 Å². The third kappa shape index (κ3) is 5.05. The number of hydrogen-bond donors (Lipinski definition) is 2. The van der Waals surface area contributed by atoms with Gasteiger partial charge in [0.1, 0.15) is 12.1 Å². The number of anilines is 3. The minimum absolute atomic E-state index is 0.208. The zero-order chi connectivity index (χ0) is 22.7. The molecule has 0 saturated carbocycles. The predicted molar refractivity (Wildman–Crippen MR) is 111 cm³/mol. The summed E-state index contributed by atoms with van der Waals surface area (Å²) in [6.07, 6.45) is -2.82. The van der Waals surface area contributed by atoms with Crippen LogP contribution in [0.4, 0.5) is 30.8 Å². The lowest BCUT2D eigenvalue weighted by Crippen LogP contribution is -2.32. The Morgan fingerprint density at radius 1 is 1.12 bits per heavy atom. The van der Waals surface area contributed by atoms with Crippen LogP contribution >= 0.6 is 0 Å². The number of benzene rings is 2. The molecule has 0 radical (unpaired) electrons. The number of rotatable bonds is 5. The first-order chi connectivity index (χ1) is 15.3. The summed E-state index contributed by atoms with van der Waals surface area (Å²) in [6.45, 7) is 0.968. The van der Waals surface area contributed by atoms with E-state index in [1.807, 2.05) is 4.90 Å². The van der Waals surface area contributed by atoms with Gasteiger partial charge in [0.15, 0.2) is 0 Å². The first kappa shape index (κ1) is 21.3. The molecule has 1 aliphatic rings. The Bertz CT molecular complexity index is 1140. The monoisotopic (exact) mass is 444 g/mol. The van der Waals surface area contributed by atoms with Crippen molar-refractivity contribution in [3.63, 3.8) is 0 Å². The predicted octanol–water partition coefficient (Wildman–Crippen LogP) is 3.44. The average molecular weight is 444 g/mol. The van der Waals surface area contributed by atoms with Gasteiger partial charge in [-0.2, -0.15) is 4.98 Å². The minimum atomic E-state index is -4.72. The topological polar surface area (TPSA) is 92.3 Å². The fourth-order valence-corrected chi connectivity index (χ4v) is 3.41. The summed E-state index contributed by atoms with van der Waals surface area (Å²) in [6, 6.07) is 11.2. The zero-order valence-corrected chi connectivity index (χ0v) is 17.0. The SMILES string of the molecule is CNC(=O)c1cccc(Nc2ncnc(N3CCc4cc(OC(F)(F)F)ccc4C3)n2)c1. The number of nitrogens with one attached hydrogen (secondary N) is 2. The van der Waals surface area contributed by atoms with E-state index in [-0.39, 0.29) is 11.7 Å². The first-order valence-electron chi connectivity index (χ1n) is 9.71. The third-order valence-electron chi connectivity index (χ3n) is 4.87. The molecule has 0 atom stereocenters. The molecule has 2 aromatic carbocycles. The molecule has 1 aromatic heterocycles. The van der Waals surface area contributed by atoms with Crippen molar-refractivity contribution in [1.82, 2.24) is 20.3 Å². The van der Waals surface area contributed by atoms with Crippen molar-refractivity contribution in [2.24, 2.45) is 0 Å². The van der Waals surface area contributed by atoms with E-state index in [1.165, 1.54) is 18.5 Å². The van der Waals surface area contributed by atoms with E-state index >= 15 is 0 Å². The summed E-state index contributed by atoms with van der Waals surface area (Å²) in [7, 11) is 1.56. The van der Waals surface area contributed by atoms with Gasteiger partial charge in [-0.3, -0.25) is 4.79 Å². The Labute approximate surface area is 181 Å². The van der Waals surface area contributed by atoms with Crippen LogP contribution in [0.25, 0.3) is 0 Å². The van der Waals surface area contributed by atoms with Crippen LogP contribution in [0.1, 0.15) is 21.5 Å². The highest BCUT2D eigenvalue weighted by Gasteiger charge is 2.31. The van der Waals surface area contributed by atoms with Crippen molar-refractivity contribution < 1.29 is 22.7 Å². The molecule has 1 amide bonds. The number of fused-ring (bicyclic) bond motifs is 1. The summed E-state index contributed by atoms with van der Waals surface area (Å²) in [5.41, 5.74) is 2.80. The standard InChI is InChI=1S/C21H19F3N6O2/c1-25-18(31)14-3-2-4-16(9-14)28-19-26-12-27-20(29-19)30-8-7-13-10-17(32-21(22,23)24)6-5-15(13)11-30/h2-6,9-10,12H,7-8,11H2,1H3,(H,25,31)(H,26,27,28,29). The van der Waals surface area contributed by atoms with Gasteiger partial charge in [-0.05, 0) is 47.9 Å². The van der Waals surface area contributed by atoms with Crippen LogP contribution in [0.5, 0.6) is 5.75 Å². The van der Waals surface area contributed by atoms with Crippen molar-refractivity contribution in [1.29, 1.82) is 0 Å². The largest absolute Gasteiger partial charge is 0.573 e. The number of halogens is 3. The van der Waals surface area contributed by atoms with E-state index < -0.39 is 6.36 Å². The van der Waals surface area contributed by atoms with Crippen LogP contribution < -0.4 is 20.3 Å². The second kappa shape index (κ2) is 8.69. The van der Waals surface area contributed by atoms with Gasteiger partial charge in [0, 0.05) is 31.4 Å². The highest BCUT2D eigenvalue weighted by Crippen LogP contribution is 2.29. The molecule has 3 aromatic rings. The molecule has 1 aliphatic heterocycles. The van der Waals surface area contributed by atoms with E-state index in [0.29, 0.717) is 42.7 Å². The average Bonchev–Trinajstić information content (AvgIpc) is 2.77. The minimum Gasteiger partial charge on any atom is -0.406 e. The van der Waals surface area contributed by atoms with Crippen LogP contribution in [0.2, 0.25) is 0 Å². The number of alkyl halides is 3. The third-order valence-corrected chi connectivity index (χ3v) is 4.87. The molecule has 0 unspecified atom stereocenters. The summed E-state index contributed by atoms with van der Waals surface area (Å²) < 4.78 is 41.4. The Balaban J connectivity index is 1.48. The summed E-state index contributed by atoms with van der Waals surface area (Å²) in [4.78, 5) is 26.5. The zero-order valence-electron chi connectivity index (χ0n) is 17.0. The van der Waals surface area contributed by atoms with Gasteiger partial charge < -0.3 is 20.3 Å². The lowest BCUT2D eigenvalue weighted by molar-refractivity contribution is -0.274. The van der Waals surface area contributed by atoms with Gasteiger partial charge >= 0.3 is 6.36 Å². The number of nitrogens with zero attached hydrogens (tertiary/aromatic N) is 4. The molecule has 0 aliphatic carbocycles. The second-order valence-corrected chi connectivity index (χ2v) is 7.04. The van der Waals surface area contributed by atoms with Gasteiger partial charge in [0.05, 0.1) is 0 Å². The normalized spacial score (nSPS) is 13.3. The maximum Gasteiger partial charge on any atom is 0.573 e. The number of carbonyl (C=O) groups excluding carboxylic acids is 1. The molecular weight excluding hydrogens is 425 g/mol. The molecule has 11 heteroatoms. The highest BCUT2D eigenvalue weighted by molar-refractivity contribution is 5.95. The molecular formula is C21H19F3N6O2. The summed E-state index contributed by atoms with van der Waals surface area (Å²) >= 11 is 0. The molecule has 4 rings (SSSR count). The van der Waals surface area contributed by atoms with E-state index in [2.05, 4.69) is 30.3 Å². The molecule has 8 nitrogen and oxygen atoms in total. The molecule has 32 heavy (non-hydrogen) atoms. The molecule has 2 N–H and O–H groups in total. The summed E-state index contributed by atoms with van der Waals surface area (Å²) in [5.74, 6) is 0.311. The van der Waals surface area contributed by atoms with Crippen LogP contribution in [0.15, 0.2) is 48.8 Å². The lowest BCUT2D eigenvalue weighted by Gasteiger charge is -2.29. The Morgan fingerprint density at radius 3 is 2.75 bits per heavy atom. The van der Waals surface area contributed by atoms with E-state index in [1.54, 1.807) is 37.4 Å². The van der Waals surface area contributed by atoms with Crippen LogP contribution in [-0.2, 0) is 13.0 Å². The highest BCUT2D eigenvalue weighted by atomic mass is 19.4. The van der Waals surface area contributed by atoms with Gasteiger partial charge in [-0.1, -0.05) is 12.1 Å². The fourth-order valence-electron chi connectivity index (χ4n) is 3.41. The van der Waals surface area contributed by atoms with Crippen molar-refractivity contribution in [2.75, 3.05) is 23.8 Å². The van der Waals surface area contributed by atoms with Crippen LogP contribution in [0.3, 0.4) is 0 Å². The molecule has 0 bridgehead atoms. The lowest BCUT2D eigenvalue weighted by atomic mass is 10.00.